The third kappa shape index (κ3) is 6.37. The van der Waals surface area contributed by atoms with E-state index < -0.39 is 10.1 Å². The Kier molecular flexibility index (Phi) is 7.19. The summed E-state index contributed by atoms with van der Waals surface area (Å²) in [4.78, 5) is 0. The van der Waals surface area contributed by atoms with Gasteiger partial charge in [-0.25, -0.2) is 0 Å². The van der Waals surface area contributed by atoms with Crippen LogP contribution in [0, 0.1) is 13.8 Å². The Morgan fingerprint density at radius 2 is 1.90 bits per heavy atom. The first-order valence-electron chi connectivity index (χ1n) is 6.49. The van der Waals surface area contributed by atoms with Crippen LogP contribution in [0.2, 0.25) is 0 Å². The molecule has 2 N–H and O–H groups in total. The summed E-state index contributed by atoms with van der Waals surface area (Å²) in [6.45, 7) is 5.96. The van der Waals surface area contributed by atoms with E-state index in [1.54, 1.807) is 12.1 Å². The van der Waals surface area contributed by atoms with Crippen LogP contribution in [-0.4, -0.2) is 32.3 Å². The minimum absolute atomic E-state index is 0.0541. The molecule has 1 aromatic carbocycles. The molecule has 0 aliphatic heterocycles. The first-order valence-corrected chi connectivity index (χ1v) is 9.81. The molecular weight excluding hydrogens is 328 g/mol. The van der Waals surface area contributed by atoms with Crippen LogP contribution >= 0.6 is 24.6 Å². The molecule has 0 heterocycles. The lowest BCUT2D eigenvalue weighted by Crippen LogP contribution is -2.29. The summed E-state index contributed by atoms with van der Waals surface area (Å²) in [6.07, 6.45) is 1.93. The minimum atomic E-state index is -3.61. The van der Waals surface area contributed by atoms with Crippen LogP contribution in [0.15, 0.2) is 12.1 Å². The molecule has 0 amide bonds. The van der Waals surface area contributed by atoms with Gasteiger partial charge in [0, 0.05) is 18.2 Å². The fourth-order valence-corrected chi connectivity index (χ4v) is 3.31. The number of thiol groups is 1. The van der Waals surface area contributed by atoms with Gasteiger partial charge in [0.15, 0.2) is 0 Å². The number of rotatable bonds is 8. The molecule has 21 heavy (non-hydrogen) atoms. The monoisotopic (exact) mass is 350 g/mol. The zero-order valence-electron chi connectivity index (χ0n) is 12.6. The average molecular weight is 351 g/mol. The number of hydrogen-bond acceptors (Lipinski definition) is 7. The second-order valence-corrected chi connectivity index (χ2v) is 7.79. The van der Waals surface area contributed by atoms with E-state index in [-0.39, 0.29) is 11.1 Å². The predicted octanol–water partition coefficient (Wildman–Crippen LogP) is 2.57. The molecule has 0 aliphatic carbocycles. The summed E-state index contributed by atoms with van der Waals surface area (Å²) in [5, 5.41) is 2.87. The van der Waals surface area contributed by atoms with Crippen molar-refractivity contribution in [3.8, 4) is 5.75 Å². The quantitative estimate of drug-likeness (QED) is 0.290. The van der Waals surface area contributed by atoms with Crippen LogP contribution in [0.4, 0.5) is 5.69 Å². The van der Waals surface area contributed by atoms with E-state index in [1.165, 1.54) is 11.9 Å². The molecule has 120 valence electrons. The Labute approximate surface area is 136 Å². The highest BCUT2D eigenvalue weighted by atomic mass is 32.2. The maximum Gasteiger partial charge on any atom is 0.310 e. The predicted molar refractivity (Wildman–Crippen MR) is 93.9 cm³/mol. The first-order chi connectivity index (χ1) is 9.75. The van der Waals surface area contributed by atoms with Gasteiger partial charge in [-0.3, -0.25) is 0 Å². The molecule has 1 unspecified atom stereocenters. The highest BCUT2D eigenvalue weighted by Crippen LogP contribution is 2.28. The molecule has 0 aliphatic rings. The van der Waals surface area contributed by atoms with Gasteiger partial charge in [0.05, 0.1) is 11.4 Å². The van der Waals surface area contributed by atoms with E-state index in [1.807, 2.05) is 27.0 Å². The van der Waals surface area contributed by atoms with Gasteiger partial charge in [-0.1, -0.05) is 11.9 Å². The van der Waals surface area contributed by atoms with Crippen molar-refractivity contribution in [2.45, 2.75) is 26.1 Å². The zero-order chi connectivity index (χ0) is 16.0. The molecule has 1 rings (SSSR count). The van der Waals surface area contributed by atoms with Gasteiger partial charge in [-0.05, 0) is 44.0 Å². The van der Waals surface area contributed by atoms with E-state index in [2.05, 4.69) is 22.7 Å². The molecule has 0 bridgehead atoms. The SMILES string of the molecule is CSNc1c(C)cc(OS(=O)(=O)CCNC(C)S)cc1C. The Hall–Kier alpha value is -0.570. The molecule has 1 aromatic rings. The van der Waals surface area contributed by atoms with Crippen molar-refractivity contribution < 1.29 is 12.6 Å². The average Bonchev–Trinajstić information content (AvgIpc) is 2.32. The molecule has 0 saturated carbocycles. The second-order valence-electron chi connectivity index (χ2n) is 4.71. The van der Waals surface area contributed by atoms with E-state index in [0.717, 1.165) is 16.8 Å². The Morgan fingerprint density at radius 3 is 2.38 bits per heavy atom. The first kappa shape index (κ1) is 18.5. The summed E-state index contributed by atoms with van der Waals surface area (Å²) in [6, 6.07) is 3.44. The molecule has 0 radical (unpaired) electrons. The number of aryl methyl sites for hydroxylation is 2. The smallest absolute Gasteiger partial charge is 0.310 e. The zero-order valence-corrected chi connectivity index (χ0v) is 15.2. The van der Waals surface area contributed by atoms with Crippen LogP contribution in [0.3, 0.4) is 0 Å². The van der Waals surface area contributed by atoms with Gasteiger partial charge in [0.25, 0.3) is 0 Å². The summed E-state index contributed by atoms with van der Waals surface area (Å²) < 4.78 is 32.1. The second kappa shape index (κ2) is 8.17. The van der Waals surface area contributed by atoms with Crippen LogP contribution in [0.5, 0.6) is 5.75 Å². The van der Waals surface area contributed by atoms with Crippen molar-refractivity contribution in [3.63, 3.8) is 0 Å². The van der Waals surface area contributed by atoms with Crippen molar-refractivity contribution in [1.29, 1.82) is 0 Å². The maximum absolute atomic E-state index is 11.9. The maximum atomic E-state index is 11.9. The Balaban J connectivity index is 2.78. The van der Waals surface area contributed by atoms with Gasteiger partial charge >= 0.3 is 10.1 Å². The van der Waals surface area contributed by atoms with Crippen LogP contribution < -0.4 is 14.2 Å². The largest absolute Gasteiger partial charge is 0.382 e. The molecule has 0 fully saturated rings. The summed E-state index contributed by atoms with van der Waals surface area (Å²) in [5.41, 5.74) is 2.87. The fourth-order valence-electron chi connectivity index (χ4n) is 1.82. The minimum Gasteiger partial charge on any atom is -0.382 e. The molecule has 0 spiro atoms. The lowest BCUT2D eigenvalue weighted by molar-refractivity contribution is 0.483. The third-order valence-electron chi connectivity index (χ3n) is 2.73. The van der Waals surface area contributed by atoms with Crippen molar-refractivity contribution >= 4 is 40.4 Å². The number of anilines is 1. The van der Waals surface area contributed by atoms with Crippen LogP contribution in [0.1, 0.15) is 18.1 Å². The summed E-state index contributed by atoms with van der Waals surface area (Å²) >= 11 is 5.62. The molecule has 1 atom stereocenters. The highest BCUT2D eigenvalue weighted by Gasteiger charge is 2.14. The van der Waals surface area contributed by atoms with E-state index in [4.69, 9.17) is 4.18 Å². The van der Waals surface area contributed by atoms with Gasteiger partial charge in [-0.2, -0.15) is 21.0 Å². The van der Waals surface area contributed by atoms with Gasteiger partial charge in [0.2, 0.25) is 0 Å². The molecular formula is C13H22N2O3S3. The summed E-state index contributed by atoms with van der Waals surface area (Å²) in [7, 11) is -3.61. The summed E-state index contributed by atoms with van der Waals surface area (Å²) in [5.74, 6) is 0.247. The molecule has 8 heteroatoms. The number of hydrogen-bond donors (Lipinski definition) is 3. The number of benzene rings is 1. The van der Waals surface area contributed by atoms with Gasteiger partial charge in [-0.15, -0.1) is 0 Å². The van der Waals surface area contributed by atoms with E-state index in [0.29, 0.717) is 12.3 Å². The van der Waals surface area contributed by atoms with Crippen molar-refractivity contribution in [3.05, 3.63) is 23.3 Å². The standard InChI is InChI=1S/C13H22N2O3S3/c1-9-7-12(8-10(2)13(9)15-20-4)18-21(16,17)6-5-14-11(3)19/h7-8,11,14-15,19H,5-6H2,1-4H3. The Bertz CT molecular complexity index is 551. The molecule has 0 aromatic heterocycles. The van der Waals surface area contributed by atoms with Crippen molar-refractivity contribution in [2.24, 2.45) is 0 Å². The van der Waals surface area contributed by atoms with Gasteiger partial charge < -0.3 is 14.2 Å². The topological polar surface area (TPSA) is 67.4 Å². The molecule has 0 saturated heterocycles. The normalized spacial score (nSPS) is 13.0. The lowest BCUT2D eigenvalue weighted by atomic mass is 10.1. The van der Waals surface area contributed by atoms with Gasteiger partial charge in [0.1, 0.15) is 5.75 Å². The van der Waals surface area contributed by atoms with Crippen molar-refractivity contribution in [1.82, 2.24) is 5.32 Å². The van der Waals surface area contributed by atoms with E-state index in [9.17, 15) is 8.42 Å². The highest BCUT2D eigenvalue weighted by molar-refractivity contribution is 7.99. The van der Waals surface area contributed by atoms with Crippen molar-refractivity contribution in [2.75, 3.05) is 23.3 Å². The van der Waals surface area contributed by atoms with E-state index >= 15 is 0 Å². The Morgan fingerprint density at radius 1 is 1.33 bits per heavy atom. The number of nitrogens with one attached hydrogen (secondary N) is 2. The fraction of sp³-hybridized carbons (Fsp3) is 0.538. The third-order valence-corrected chi connectivity index (χ3v) is 4.47. The molecule has 5 nitrogen and oxygen atoms in total. The van der Waals surface area contributed by atoms with Crippen LogP contribution in [0.25, 0.3) is 0 Å². The lowest BCUT2D eigenvalue weighted by Gasteiger charge is -2.14. The van der Waals surface area contributed by atoms with Crippen LogP contribution in [-0.2, 0) is 10.1 Å².